The van der Waals surface area contributed by atoms with Crippen LogP contribution in [0.25, 0.3) is 0 Å². The summed E-state index contributed by atoms with van der Waals surface area (Å²) in [6, 6.07) is 8.00. The first-order chi connectivity index (χ1) is 9.80. The minimum atomic E-state index is -0.603. The molecule has 5 heteroatoms. The Hall–Kier alpha value is -2.09. The van der Waals surface area contributed by atoms with Crippen molar-refractivity contribution < 1.29 is 13.9 Å². The van der Waals surface area contributed by atoms with Crippen molar-refractivity contribution in [3.05, 3.63) is 35.6 Å². The molecular weight excluding hydrogens is 271 g/mol. The molecule has 2 atom stereocenters. The van der Waals surface area contributed by atoms with Gasteiger partial charge in [0.25, 0.3) is 0 Å². The highest BCUT2D eigenvalue weighted by Crippen LogP contribution is 2.36. The SMILES string of the molecule is CC(C)(C)OC(=O)N1CC(C#N)CC1c1cccc(F)c1. The summed E-state index contributed by atoms with van der Waals surface area (Å²) >= 11 is 0. The predicted octanol–water partition coefficient (Wildman–Crippen LogP) is 3.65. The quantitative estimate of drug-likeness (QED) is 0.793. The summed E-state index contributed by atoms with van der Waals surface area (Å²) in [5, 5.41) is 9.11. The van der Waals surface area contributed by atoms with E-state index in [1.54, 1.807) is 32.9 Å². The van der Waals surface area contributed by atoms with E-state index in [4.69, 9.17) is 10.00 Å². The fourth-order valence-corrected chi connectivity index (χ4v) is 2.48. The van der Waals surface area contributed by atoms with Crippen molar-refractivity contribution in [3.63, 3.8) is 0 Å². The van der Waals surface area contributed by atoms with Crippen LogP contribution in [0.1, 0.15) is 38.8 Å². The van der Waals surface area contributed by atoms with E-state index in [0.29, 0.717) is 18.5 Å². The number of nitriles is 1. The van der Waals surface area contributed by atoms with Gasteiger partial charge in [0, 0.05) is 6.54 Å². The van der Waals surface area contributed by atoms with E-state index in [-0.39, 0.29) is 17.8 Å². The summed E-state index contributed by atoms with van der Waals surface area (Å²) in [4.78, 5) is 13.8. The number of benzene rings is 1. The van der Waals surface area contributed by atoms with E-state index in [2.05, 4.69) is 6.07 Å². The highest BCUT2D eigenvalue weighted by molar-refractivity contribution is 5.69. The first-order valence-electron chi connectivity index (χ1n) is 6.95. The summed E-state index contributed by atoms with van der Waals surface area (Å²) < 4.78 is 18.8. The van der Waals surface area contributed by atoms with Crippen LogP contribution in [-0.2, 0) is 4.74 Å². The summed E-state index contributed by atoms with van der Waals surface area (Å²) in [6.45, 7) is 5.69. The van der Waals surface area contributed by atoms with Gasteiger partial charge < -0.3 is 4.74 Å². The zero-order valence-corrected chi connectivity index (χ0v) is 12.5. The number of amides is 1. The van der Waals surface area contributed by atoms with Crippen molar-refractivity contribution in [2.45, 2.75) is 38.8 Å². The Morgan fingerprint density at radius 2 is 2.19 bits per heavy atom. The average Bonchev–Trinajstić information content (AvgIpc) is 2.81. The maximum absolute atomic E-state index is 13.4. The van der Waals surface area contributed by atoms with Crippen molar-refractivity contribution in [2.24, 2.45) is 5.92 Å². The molecule has 1 aromatic carbocycles. The van der Waals surface area contributed by atoms with E-state index in [1.807, 2.05) is 0 Å². The molecule has 0 radical (unpaired) electrons. The lowest BCUT2D eigenvalue weighted by atomic mass is 10.0. The zero-order chi connectivity index (χ0) is 15.6. The first kappa shape index (κ1) is 15.3. The number of halogens is 1. The molecule has 0 aromatic heterocycles. The van der Waals surface area contributed by atoms with E-state index >= 15 is 0 Å². The molecule has 2 unspecified atom stereocenters. The summed E-state index contributed by atoms with van der Waals surface area (Å²) in [6.07, 6.45) is 0.0358. The Kier molecular flexibility index (Phi) is 4.17. The van der Waals surface area contributed by atoms with Gasteiger partial charge in [-0.15, -0.1) is 0 Å². The highest BCUT2D eigenvalue weighted by Gasteiger charge is 2.38. The van der Waals surface area contributed by atoms with Crippen LogP contribution in [0.5, 0.6) is 0 Å². The molecule has 21 heavy (non-hydrogen) atoms. The van der Waals surface area contributed by atoms with Gasteiger partial charge in [0.05, 0.1) is 18.0 Å². The third kappa shape index (κ3) is 3.72. The fourth-order valence-electron chi connectivity index (χ4n) is 2.48. The second-order valence-corrected chi connectivity index (χ2v) is 6.27. The average molecular weight is 290 g/mol. The first-order valence-corrected chi connectivity index (χ1v) is 6.95. The molecule has 1 aliphatic heterocycles. The van der Waals surface area contributed by atoms with Gasteiger partial charge in [-0.3, -0.25) is 4.90 Å². The number of hydrogen-bond donors (Lipinski definition) is 0. The van der Waals surface area contributed by atoms with E-state index in [9.17, 15) is 9.18 Å². The van der Waals surface area contributed by atoms with Crippen molar-refractivity contribution in [1.82, 2.24) is 4.90 Å². The standard InChI is InChI=1S/C16H19FN2O2/c1-16(2,3)21-15(20)19-10-11(9-18)7-14(19)12-5-4-6-13(17)8-12/h4-6,8,11,14H,7,10H2,1-3H3. The Bertz CT molecular complexity index is 574. The molecule has 4 nitrogen and oxygen atoms in total. The molecule has 1 aromatic rings. The van der Waals surface area contributed by atoms with E-state index in [0.717, 1.165) is 0 Å². The maximum Gasteiger partial charge on any atom is 0.410 e. The molecule has 0 spiro atoms. The summed E-state index contributed by atoms with van der Waals surface area (Å²) in [5.74, 6) is -0.608. The van der Waals surface area contributed by atoms with E-state index < -0.39 is 11.7 Å². The van der Waals surface area contributed by atoms with Gasteiger partial charge >= 0.3 is 6.09 Å². The lowest BCUT2D eigenvalue weighted by Gasteiger charge is -2.28. The second-order valence-electron chi connectivity index (χ2n) is 6.27. The van der Waals surface area contributed by atoms with Crippen molar-refractivity contribution in [3.8, 4) is 6.07 Å². The van der Waals surface area contributed by atoms with Crippen LogP contribution in [0.2, 0.25) is 0 Å². The molecule has 0 aliphatic carbocycles. The smallest absolute Gasteiger partial charge is 0.410 e. The summed E-state index contributed by atoms with van der Waals surface area (Å²) in [7, 11) is 0. The Balaban J connectivity index is 2.25. The summed E-state index contributed by atoms with van der Waals surface area (Å²) in [5.41, 5.74) is 0.0903. The molecule has 2 rings (SSSR count). The number of carbonyl (C=O) groups is 1. The van der Waals surface area contributed by atoms with Gasteiger partial charge in [0.2, 0.25) is 0 Å². The normalized spacial score (nSPS) is 22.0. The monoisotopic (exact) mass is 290 g/mol. The molecule has 1 aliphatic rings. The van der Waals surface area contributed by atoms with Crippen LogP contribution in [-0.4, -0.2) is 23.1 Å². The van der Waals surface area contributed by atoms with Crippen molar-refractivity contribution >= 4 is 6.09 Å². The van der Waals surface area contributed by atoms with Gasteiger partial charge in [-0.2, -0.15) is 5.26 Å². The maximum atomic E-state index is 13.4. The van der Waals surface area contributed by atoms with Crippen LogP contribution in [0, 0.1) is 23.1 Å². The zero-order valence-electron chi connectivity index (χ0n) is 12.5. The molecule has 0 saturated carbocycles. The lowest BCUT2D eigenvalue weighted by Crippen LogP contribution is -2.36. The van der Waals surface area contributed by atoms with Crippen LogP contribution >= 0.6 is 0 Å². The number of ether oxygens (including phenoxy) is 1. The minimum absolute atomic E-state index is 0.259. The van der Waals surface area contributed by atoms with Crippen LogP contribution in [0.3, 0.4) is 0 Å². The van der Waals surface area contributed by atoms with Crippen LogP contribution < -0.4 is 0 Å². The third-order valence-corrected chi connectivity index (χ3v) is 3.35. The van der Waals surface area contributed by atoms with Gasteiger partial charge in [-0.25, -0.2) is 9.18 Å². The molecule has 1 amide bonds. The molecule has 112 valence electrons. The Labute approximate surface area is 124 Å². The number of hydrogen-bond acceptors (Lipinski definition) is 3. The minimum Gasteiger partial charge on any atom is -0.444 e. The number of nitrogens with zero attached hydrogens (tertiary/aromatic N) is 2. The van der Waals surface area contributed by atoms with Gasteiger partial charge in [0.1, 0.15) is 11.4 Å². The number of rotatable bonds is 1. The van der Waals surface area contributed by atoms with Crippen molar-refractivity contribution in [2.75, 3.05) is 6.54 Å². The molecule has 0 bridgehead atoms. The molecule has 1 fully saturated rings. The molecule has 1 saturated heterocycles. The Morgan fingerprint density at radius 1 is 1.48 bits per heavy atom. The van der Waals surface area contributed by atoms with Crippen molar-refractivity contribution in [1.29, 1.82) is 5.26 Å². The Morgan fingerprint density at radius 3 is 2.76 bits per heavy atom. The van der Waals surface area contributed by atoms with Gasteiger partial charge in [-0.05, 0) is 44.9 Å². The molecular formula is C16H19FN2O2. The highest BCUT2D eigenvalue weighted by atomic mass is 19.1. The second kappa shape index (κ2) is 5.72. The molecule has 1 heterocycles. The largest absolute Gasteiger partial charge is 0.444 e. The number of carbonyl (C=O) groups excluding carboxylic acids is 1. The lowest BCUT2D eigenvalue weighted by molar-refractivity contribution is 0.0221. The topological polar surface area (TPSA) is 53.3 Å². The van der Waals surface area contributed by atoms with Gasteiger partial charge in [-0.1, -0.05) is 12.1 Å². The fraction of sp³-hybridized carbons (Fsp3) is 0.500. The predicted molar refractivity (Wildman–Crippen MR) is 75.8 cm³/mol. The molecule has 0 N–H and O–H groups in total. The van der Waals surface area contributed by atoms with Crippen LogP contribution in [0.15, 0.2) is 24.3 Å². The van der Waals surface area contributed by atoms with Crippen LogP contribution in [0.4, 0.5) is 9.18 Å². The third-order valence-electron chi connectivity index (χ3n) is 3.35. The van der Waals surface area contributed by atoms with E-state index in [1.165, 1.54) is 17.0 Å². The van der Waals surface area contributed by atoms with Gasteiger partial charge in [0.15, 0.2) is 0 Å². The number of likely N-dealkylation sites (tertiary alicyclic amines) is 1.